The van der Waals surface area contributed by atoms with Crippen LogP contribution in [0.4, 0.5) is 0 Å². The predicted molar refractivity (Wildman–Crippen MR) is 93.8 cm³/mol. The van der Waals surface area contributed by atoms with E-state index in [0.717, 1.165) is 25.9 Å². The third-order valence-corrected chi connectivity index (χ3v) is 4.47. The standard InChI is InChI=1S/C18H27N3O3/c1-5-24-18(21(3)15-10-12-20(2)13-11-15)19-17(22)14-6-8-16(23-4)9-7-14/h6-9,15H,5,10-13H2,1-4H3/p+1. The Labute approximate surface area is 144 Å². The van der Waals surface area contributed by atoms with Gasteiger partial charge in [-0.2, -0.15) is 4.99 Å². The van der Waals surface area contributed by atoms with E-state index in [2.05, 4.69) is 12.0 Å². The number of carbonyl (C=O) groups is 1. The Morgan fingerprint density at radius 2 is 1.92 bits per heavy atom. The minimum Gasteiger partial charge on any atom is -0.497 e. The molecule has 6 nitrogen and oxygen atoms in total. The number of piperidine rings is 1. The number of rotatable bonds is 4. The molecule has 0 bridgehead atoms. The lowest BCUT2D eigenvalue weighted by atomic mass is 10.0. The van der Waals surface area contributed by atoms with E-state index in [-0.39, 0.29) is 5.91 Å². The summed E-state index contributed by atoms with van der Waals surface area (Å²) >= 11 is 0. The maximum Gasteiger partial charge on any atom is 0.295 e. The van der Waals surface area contributed by atoms with Crippen LogP contribution in [0.15, 0.2) is 29.3 Å². The SMILES string of the molecule is CCOC(=NC(=O)c1ccc(OC)cc1)N(C)C1CC[NH+](C)CC1. The molecular formula is C18H28N3O3+. The van der Waals surface area contributed by atoms with Gasteiger partial charge in [0.25, 0.3) is 11.9 Å². The smallest absolute Gasteiger partial charge is 0.295 e. The minimum absolute atomic E-state index is 0.300. The van der Waals surface area contributed by atoms with Crippen molar-refractivity contribution in [2.45, 2.75) is 25.8 Å². The van der Waals surface area contributed by atoms with Gasteiger partial charge in [-0.05, 0) is 31.2 Å². The number of aliphatic imine (C=N–C) groups is 1. The average Bonchev–Trinajstić information content (AvgIpc) is 2.61. The molecule has 0 spiro atoms. The molecule has 1 amide bonds. The number of carbonyl (C=O) groups excluding carboxylic acids is 1. The number of methoxy groups -OCH3 is 1. The van der Waals surface area contributed by atoms with Gasteiger partial charge in [-0.15, -0.1) is 0 Å². The molecule has 0 radical (unpaired) electrons. The third kappa shape index (κ3) is 4.71. The van der Waals surface area contributed by atoms with Crippen LogP contribution in [0.3, 0.4) is 0 Å². The molecule has 1 N–H and O–H groups in total. The lowest BCUT2D eigenvalue weighted by Crippen LogP contribution is -3.10. The van der Waals surface area contributed by atoms with E-state index in [1.54, 1.807) is 36.3 Å². The van der Waals surface area contributed by atoms with Crippen molar-refractivity contribution in [3.63, 3.8) is 0 Å². The maximum absolute atomic E-state index is 12.4. The zero-order valence-electron chi connectivity index (χ0n) is 15.0. The number of amides is 1. The van der Waals surface area contributed by atoms with Crippen molar-refractivity contribution < 1.29 is 19.2 Å². The Balaban J connectivity index is 2.12. The fraction of sp³-hybridized carbons (Fsp3) is 0.556. The molecule has 1 aromatic rings. The van der Waals surface area contributed by atoms with Crippen LogP contribution in [0.25, 0.3) is 0 Å². The van der Waals surface area contributed by atoms with E-state index >= 15 is 0 Å². The molecule has 1 saturated heterocycles. The first-order valence-electron chi connectivity index (χ1n) is 8.49. The molecule has 24 heavy (non-hydrogen) atoms. The zero-order chi connectivity index (χ0) is 17.5. The monoisotopic (exact) mass is 334 g/mol. The van der Waals surface area contributed by atoms with Crippen molar-refractivity contribution in [2.24, 2.45) is 4.99 Å². The van der Waals surface area contributed by atoms with Gasteiger partial charge in [0.05, 0.1) is 33.9 Å². The van der Waals surface area contributed by atoms with Gasteiger partial charge in [-0.1, -0.05) is 0 Å². The fourth-order valence-corrected chi connectivity index (χ4v) is 2.87. The van der Waals surface area contributed by atoms with Gasteiger partial charge in [0.1, 0.15) is 5.75 Å². The summed E-state index contributed by atoms with van der Waals surface area (Å²) in [5, 5.41) is 0. The van der Waals surface area contributed by atoms with Gasteiger partial charge in [-0.3, -0.25) is 4.79 Å². The molecule has 1 aliphatic heterocycles. The molecule has 0 atom stereocenters. The van der Waals surface area contributed by atoms with Crippen molar-refractivity contribution in [2.75, 3.05) is 40.9 Å². The molecule has 0 saturated carbocycles. The molecule has 0 unspecified atom stereocenters. The quantitative estimate of drug-likeness (QED) is 0.655. The van der Waals surface area contributed by atoms with Crippen molar-refractivity contribution >= 4 is 11.9 Å². The average molecular weight is 334 g/mol. The summed E-state index contributed by atoms with van der Waals surface area (Å²) in [6, 6.07) is 7.71. The van der Waals surface area contributed by atoms with Crippen LogP contribution in [0.1, 0.15) is 30.1 Å². The Hall–Kier alpha value is -2.08. The van der Waals surface area contributed by atoms with Gasteiger partial charge in [0.2, 0.25) is 0 Å². The molecule has 2 rings (SSSR count). The molecule has 1 fully saturated rings. The number of benzene rings is 1. The molecule has 6 heteroatoms. The zero-order valence-corrected chi connectivity index (χ0v) is 15.0. The summed E-state index contributed by atoms with van der Waals surface area (Å²) in [7, 11) is 5.77. The molecule has 1 aromatic carbocycles. The summed E-state index contributed by atoms with van der Waals surface area (Å²) in [6.45, 7) is 4.64. The highest BCUT2D eigenvalue weighted by molar-refractivity contribution is 6.01. The summed E-state index contributed by atoms with van der Waals surface area (Å²) in [6.07, 6.45) is 2.15. The first kappa shape index (κ1) is 18.3. The predicted octanol–water partition coefficient (Wildman–Crippen LogP) is 0.837. The highest BCUT2D eigenvalue weighted by atomic mass is 16.5. The summed E-state index contributed by atoms with van der Waals surface area (Å²) in [5.41, 5.74) is 0.522. The van der Waals surface area contributed by atoms with Crippen molar-refractivity contribution in [1.29, 1.82) is 0 Å². The Bertz CT molecular complexity index is 563. The van der Waals surface area contributed by atoms with E-state index in [4.69, 9.17) is 9.47 Å². The number of nitrogens with zero attached hydrogens (tertiary/aromatic N) is 2. The first-order valence-corrected chi connectivity index (χ1v) is 8.49. The summed E-state index contributed by atoms with van der Waals surface area (Å²) < 4.78 is 10.8. The molecule has 132 valence electrons. The normalized spacial score (nSPS) is 21.2. The Morgan fingerprint density at radius 3 is 2.46 bits per heavy atom. The van der Waals surface area contributed by atoms with E-state index in [9.17, 15) is 4.79 Å². The van der Waals surface area contributed by atoms with Gasteiger partial charge < -0.3 is 19.3 Å². The number of nitrogens with one attached hydrogen (secondary N) is 1. The van der Waals surface area contributed by atoms with Crippen LogP contribution in [-0.4, -0.2) is 63.8 Å². The molecule has 0 aromatic heterocycles. The first-order chi connectivity index (χ1) is 11.5. The van der Waals surface area contributed by atoms with Crippen LogP contribution in [0.2, 0.25) is 0 Å². The minimum atomic E-state index is -0.300. The second-order valence-electron chi connectivity index (χ2n) is 6.16. The second kappa shape index (κ2) is 8.68. The fourth-order valence-electron chi connectivity index (χ4n) is 2.87. The highest BCUT2D eigenvalue weighted by Gasteiger charge is 2.26. The summed E-state index contributed by atoms with van der Waals surface area (Å²) in [5.74, 6) is 0.415. The molecule has 0 aliphatic carbocycles. The Kier molecular flexibility index (Phi) is 6.61. The largest absolute Gasteiger partial charge is 0.497 e. The second-order valence-corrected chi connectivity index (χ2v) is 6.16. The molecular weight excluding hydrogens is 306 g/mol. The lowest BCUT2D eigenvalue weighted by molar-refractivity contribution is -0.885. The third-order valence-electron chi connectivity index (χ3n) is 4.47. The molecule has 1 heterocycles. The Morgan fingerprint density at radius 1 is 1.29 bits per heavy atom. The summed E-state index contributed by atoms with van der Waals surface area (Å²) in [4.78, 5) is 20.2. The van der Waals surface area contributed by atoms with Gasteiger partial charge in [0, 0.05) is 31.5 Å². The van der Waals surface area contributed by atoms with Crippen molar-refractivity contribution in [3.05, 3.63) is 29.8 Å². The van der Waals surface area contributed by atoms with Crippen molar-refractivity contribution in [1.82, 2.24) is 4.90 Å². The van der Waals surface area contributed by atoms with E-state index in [1.165, 1.54) is 0 Å². The number of quaternary nitrogens is 1. The number of ether oxygens (including phenoxy) is 2. The topological polar surface area (TPSA) is 55.6 Å². The maximum atomic E-state index is 12.4. The van der Waals surface area contributed by atoms with E-state index < -0.39 is 0 Å². The van der Waals surface area contributed by atoms with Gasteiger partial charge in [0.15, 0.2) is 0 Å². The van der Waals surface area contributed by atoms with E-state index in [0.29, 0.717) is 30.0 Å². The number of amidine groups is 1. The lowest BCUT2D eigenvalue weighted by Gasteiger charge is -2.34. The van der Waals surface area contributed by atoms with Gasteiger partial charge in [-0.25, -0.2) is 0 Å². The van der Waals surface area contributed by atoms with Crippen LogP contribution in [0, 0.1) is 0 Å². The van der Waals surface area contributed by atoms with Crippen molar-refractivity contribution in [3.8, 4) is 5.75 Å². The molecule has 1 aliphatic rings. The van der Waals surface area contributed by atoms with Gasteiger partial charge >= 0.3 is 0 Å². The van der Waals surface area contributed by atoms with Crippen LogP contribution < -0.4 is 9.64 Å². The number of hydrogen-bond donors (Lipinski definition) is 1. The highest BCUT2D eigenvalue weighted by Crippen LogP contribution is 2.14. The number of likely N-dealkylation sites (tertiary alicyclic amines) is 1. The number of hydrogen-bond acceptors (Lipinski definition) is 3. The van der Waals surface area contributed by atoms with Crippen LogP contribution in [-0.2, 0) is 4.74 Å². The van der Waals surface area contributed by atoms with E-state index in [1.807, 2.05) is 18.9 Å². The van der Waals surface area contributed by atoms with Crippen LogP contribution in [0.5, 0.6) is 5.75 Å². The van der Waals surface area contributed by atoms with Crippen LogP contribution >= 0.6 is 0 Å².